The van der Waals surface area contributed by atoms with Gasteiger partial charge in [0.1, 0.15) is 0 Å². The van der Waals surface area contributed by atoms with Gasteiger partial charge in [0.2, 0.25) is 0 Å². The van der Waals surface area contributed by atoms with Crippen molar-refractivity contribution in [2.75, 3.05) is 0 Å². The van der Waals surface area contributed by atoms with Gasteiger partial charge in [0.05, 0.1) is 0 Å². The van der Waals surface area contributed by atoms with Gasteiger partial charge in [-0.05, 0) is 60.0 Å². The average molecular weight is 224 g/mol. The summed E-state index contributed by atoms with van der Waals surface area (Å²) in [6.07, 6.45) is 18.7. The maximum atomic E-state index is 2.64. The molecule has 0 aromatic rings. The Bertz CT molecular complexity index is 460. The van der Waals surface area contributed by atoms with Crippen molar-refractivity contribution in [1.82, 2.24) is 0 Å². The second kappa shape index (κ2) is 3.48. The van der Waals surface area contributed by atoms with E-state index in [4.69, 9.17) is 0 Å². The molecule has 5 atom stereocenters. The molecular formula is C17H20. The van der Waals surface area contributed by atoms with Crippen molar-refractivity contribution in [3.63, 3.8) is 0 Å². The minimum Gasteiger partial charge on any atom is -0.0805 e. The largest absolute Gasteiger partial charge is 0.0805 e. The highest BCUT2D eigenvalue weighted by Gasteiger charge is 2.46. The van der Waals surface area contributed by atoms with Gasteiger partial charge in [-0.15, -0.1) is 0 Å². The van der Waals surface area contributed by atoms with E-state index in [1.807, 2.05) is 0 Å². The van der Waals surface area contributed by atoms with Gasteiger partial charge in [0.25, 0.3) is 0 Å². The lowest BCUT2D eigenvalue weighted by Gasteiger charge is -2.25. The van der Waals surface area contributed by atoms with Crippen LogP contribution in [0.4, 0.5) is 0 Å². The molecule has 0 radical (unpaired) electrons. The number of fused-ring (bicyclic) bond motifs is 4. The predicted molar refractivity (Wildman–Crippen MR) is 71.4 cm³/mol. The molecule has 0 heterocycles. The summed E-state index contributed by atoms with van der Waals surface area (Å²) >= 11 is 0. The fourth-order valence-corrected chi connectivity index (χ4v) is 4.54. The second-order valence-electron chi connectivity index (χ2n) is 6.18. The molecule has 88 valence electrons. The summed E-state index contributed by atoms with van der Waals surface area (Å²) < 4.78 is 0. The summed E-state index contributed by atoms with van der Waals surface area (Å²) in [5.41, 5.74) is 3.37. The van der Waals surface area contributed by atoms with Crippen molar-refractivity contribution in [1.29, 1.82) is 0 Å². The van der Waals surface area contributed by atoms with E-state index in [9.17, 15) is 0 Å². The molecule has 4 rings (SSSR count). The zero-order valence-electron chi connectivity index (χ0n) is 10.5. The Hall–Kier alpha value is -1.04. The summed E-state index contributed by atoms with van der Waals surface area (Å²) in [4.78, 5) is 0. The lowest BCUT2D eigenvalue weighted by molar-refractivity contribution is 0.413. The molecule has 0 nitrogen and oxygen atoms in total. The van der Waals surface area contributed by atoms with Crippen molar-refractivity contribution in [2.45, 2.75) is 26.2 Å². The van der Waals surface area contributed by atoms with Crippen LogP contribution in [-0.2, 0) is 0 Å². The molecule has 2 fully saturated rings. The third-order valence-corrected chi connectivity index (χ3v) is 5.42. The van der Waals surface area contributed by atoms with Crippen LogP contribution in [0.2, 0.25) is 0 Å². The Kier molecular flexibility index (Phi) is 2.03. The molecule has 4 aliphatic carbocycles. The molecule has 0 saturated heterocycles. The maximum Gasteiger partial charge on any atom is -0.00928 e. The molecule has 0 spiro atoms. The number of rotatable bonds is 0. The summed E-state index contributed by atoms with van der Waals surface area (Å²) in [6, 6.07) is 0. The quantitative estimate of drug-likeness (QED) is 0.576. The predicted octanol–water partition coefficient (Wildman–Crippen LogP) is 4.28. The maximum absolute atomic E-state index is 2.64. The monoisotopic (exact) mass is 224 g/mol. The fourth-order valence-electron chi connectivity index (χ4n) is 4.54. The van der Waals surface area contributed by atoms with Crippen LogP contribution in [0.15, 0.2) is 47.6 Å². The van der Waals surface area contributed by atoms with Crippen molar-refractivity contribution < 1.29 is 0 Å². The number of hydrogen-bond acceptors (Lipinski definition) is 0. The highest BCUT2D eigenvalue weighted by Crippen LogP contribution is 2.54. The third kappa shape index (κ3) is 1.30. The van der Waals surface area contributed by atoms with E-state index < -0.39 is 0 Å². The van der Waals surface area contributed by atoms with Gasteiger partial charge in [-0.2, -0.15) is 0 Å². The smallest absolute Gasteiger partial charge is 0.00928 e. The Labute approximate surface area is 104 Å². The van der Waals surface area contributed by atoms with Crippen molar-refractivity contribution in [3.8, 4) is 0 Å². The van der Waals surface area contributed by atoms with E-state index in [0.29, 0.717) is 0 Å². The van der Waals surface area contributed by atoms with Crippen LogP contribution in [0.25, 0.3) is 0 Å². The van der Waals surface area contributed by atoms with Crippen molar-refractivity contribution in [3.05, 3.63) is 47.6 Å². The highest BCUT2D eigenvalue weighted by molar-refractivity contribution is 5.42. The van der Waals surface area contributed by atoms with Crippen molar-refractivity contribution >= 4 is 0 Å². The first-order chi connectivity index (χ1) is 8.34. The first kappa shape index (κ1) is 9.94. The molecule has 0 bridgehead atoms. The average Bonchev–Trinajstić information content (AvgIpc) is 2.92. The standard InChI is InChI=1S/C17H20/c1-11-14-7-2-3-8-15(14)17-10-13-6-4-5-12(13)9-16(11)17/h2-3,7-11,14-17H,4-6H2,1H3. The van der Waals surface area contributed by atoms with E-state index >= 15 is 0 Å². The van der Waals surface area contributed by atoms with E-state index in [2.05, 4.69) is 43.4 Å². The van der Waals surface area contributed by atoms with Crippen LogP contribution in [0.1, 0.15) is 26.2 Å². The third-order valence-electron chi connectivity index (χ3n) is 5.42. The summed E-state index contributed by atoms with van der Waals surface area (Å²) in [5, 5.41) is 0. The zero-order chi connectivity index (χ0) is 11.4. The Morgan fingerprint density at radius 3 is 2.24 bits per heavy atom. The molecule has 0 aliphatic heterocycles. The minimum absolute atomic E-state index is 0.769. The van der Waals surface area contributed by atoms with Gasteiger partial charge in [0.15, 0.2) is 0 Å². The summed E-state index contributed by atoms with van der Waals surface area (Å²) in [7, 11) is 0. The van der Waals surface area contributed by atoms with Crippen LogP contribution in [0.5, 0.6) is 0 Å². The molecule has 0 aromatic heterocycles. The van der Waals surface area contributed by atoms with Crippen LogP contribution in [0, 0.1) is 29.6 Å². The van der Waals surface area contributed by atoms with Crippen LogP contribution >= 0.6 is 0 Å². The molecule has 0 N–H and O–H groups in total. The fraction of sp³-hybridized carbons (Fsp3) is 0.529. The van der Waals surface area contributed by atoms with Crippen molar-refractivity contribution in [2.24, 2.45) is 29.6 Å². The Morgan fingerprint density at radius 1 is 0.824 bits per heavy atom. The van der Waals surface area contributed by atoms with Crippen LogP contribution in [0.3, 0.4) is 0 Å². The van der Waals surface area contributed by atoms with Gasteiger partial charge in [0, 0.05) is 0 Å². The lowest BCUT2D eigenvalue weighted by Crippen LogP contribution is -2.16. The van der Waals surface area contributed by atoms with E-state index in [-0.39, 0.29) is 0 Å². The molecule has 5 unspecified atom stereocenters. The topological polar surface area (TPSA) is 0 Å². The van der Waals surface area contributed by atoms with E-state index in [0.717, 1.165) is 29.6 Å². The summed E-state index contributed by atoms with van der Waals surface area (Å²) in [6.45, 7) is 2.46. The number of allylic oxidation sites excluding steroid dienone is 8. The van der Waals surface area contributed by atoms with Gasteiger partial charge in [-0.3, -0.25) is 0 Å². The van der Waals surface area contributed by atoms with E-state index in [1.54, 1.807) is 11.1 Å². The SMILES string of the molecule is CC1C2C=CC=CC2C2C=C3CCCC3=CC12. The molecule has 0 amide bonds. The van der Waals surface area contributed by atoms with Gasteiger partial charge < -0.3 is 0 Å². The molecule has 17 heavy (non-hydrogen) atoms. The van der Waals surface area contributed by atoms with Crippen LogP contribution in [-0.4, -0.2) is 0 Å². The van der Waals surface area contributed by atoms with Crippen LogP contribution < -0.4 is 0 Å². The minimum atomic E-state index is 0.769. The highest BCUT2D eigenvalue weighted by atomic mass is 14.5. The van der Waals surface area contributed by atoms with Gasteiger partial charge in [-0.25, -0.2) is 0 Å². The normalized spacial score (nSPS) is 46.1. The van der Waals surface area contributed by atoms with Gasteiger partial charge in [-0.1, -0.05) is 43.4 Å². The Morgan fingerprint density at radius 2 is 1.47 bits per heavy atom. The first-order valence-electron chi connectivity index (χ1n) is 7.11. The second-order valence-corrected chi connectivity index (χ2v) is 6.18. The number of hydrogen-bond donors (Lipinski definition) is 0. The molecule has 0 heteroatoms. The van der Waals surface area contributed by atoms with E-state index in [1.165, 1.54) is 19.3 Å². The first-order valence-corrected chi connectivity index (χ1v) is 7.11. The molecular weight excluding hydrogens is 204 g/mol. The zero-order valence-corrected chi connectivity index (χ0v) is 10.5. The molecule has 0 aromatic carbocycles. The Balaban J connectivity index is 1.77. The molecule has 4 aliphatic rings. The molecule has 2 saturated carbocycles. The van der Waals surface area contributed by atoms with Gasteiger partial charge >= 0.3 is 0 Å². The summed E-state index contributed by atoms with van der Waals surface area (Å²) in [5.74, 6) is 3.95. The lowest BCUT2D eigenvalue weighted by atomic mass is 9.79.